The van der Waals surface area contributed by atoms with Gasteiger partial charge in [-0.2, -0.15) is 5.10 Å². The SMILES string of the molecule is C=C/C=C(\C)c1nn(-c2ccc(N3CCC(C)(O)CC3)nc2)cc1C. The van der Waals surface area contributed by atoms with Crippen LogP contribution < -0.4 is 4.90 Å². The minimum atomic E-state index is -0.545. The van der Waals surface area contributed by atoms with E-state index in [4.69, 9.17) is 0 Å². The second kappa shape index (κ2) is 6.84. The first kappa shape index (κ1) is 17.4. The lowest BCUT2D eigenvalue weighted by atomic mass is 9.94. The van der Waals surface area contributed by atoms with Gasteiger partial charge >= 0.3 is 0 Å². The molecular formula is C20H26N4O. The monoisotopic (exact) mass is 338 g/mol. The number of allylic oxidation sites excluding steroid dienone is 3. The van der Waals surface area contributed by atoms with Crippen molar-refractivity contribution in [3.8, 4) is 5.69 Å². The topological polar surface area (TPSA) is 54.2 Å². The standard InChI is InChI=1S/C20H26N4O/c1-5-6-15(2)19-16(3)14-24(22-19)17-7-8-18(21-13-17)23-11-9-20(4,25)10-12-23/h5-8,13-14,25H,1,9-12H2,2-4H3/b15-6+. The Bertz CT molecular complexity index is 777. The molecule has 0 bridgehead atoms. The van der Waals surface area contributed by atoms with E-state index in [-0.39, 0.29) is 0 Å². The van der Waals surface area contributed by atoms with Gasteiger partial charge in [-0.25, -0.2) is 9.67 Å². The molecule has 5 nitrogen and oxygen atoms in total. The van der Waals surface area contributed by atoms with Crippen LogP contribution >= 0.6 is 0 Å². The molecule has 0 aromatic carbocycles. The first-order valence-corrected chi connectivity index (χ1v) is 8.69. The van der Waals surface area contributed by atoms with Gasteiger partial charge in [0, 0.05) is 19.3 Å². The lowest BCUT2D eigenvalue weighted by Crippen LogP contribution is -2.42. The molecule has 0 spiro atoms. The van der Waals surface area contributed by atoms with Crippen molar-refractivity contribution >= 4 is 11.4 Å². The van der Waals surface area contributed by atoms with E-state index in [0.717, 1.165) is 54.3 Å². The molecule has 0 unspecified atom stereocenters. The summed E-state index contributed by atoms with van der Waals surface area (Å²) in [5.41, 5.74) is 3.58. The summed E-state index contributed by atoms with van der Waals surface area (Å²) in [5, 5.41) is 14.7. The summed E-state index contributed by atoms with van der Waals surface area (Å²) in [7, 11) is 0. The third-order valence-electron chi connectivity index (χ3n) is 4.80. The highest BCUT2D eigenvalue weighted by Crippen LogP contribution is 2.25. The Morgan fingerprint density at radius 2 is 2.04 bits per heavy atom. The predicted octanol–water partition coefficient (Wildman–Crippen LogP) is 3.52. The van der Waals surface area contributed by atoms with Gasteiger partial charge in [-0.05, 0) is 56.9 Å². The zero-order valence-corrected chi connectivity index (χ0v) is 15.2. The van der Waals surface area contributed by atoms with Crippen LogP contribution in [0, 0.1) is 6.92 Å². The second-order valence-electron chi connectivity index (χ2n) is 7.05. The number of piperidine rings is 1. The smallest absolute Gasteiger partial charge is 0.128 e. The molecule has 1 aliphatic rings. The van der Waals surface area contributed by atoms with Crippen molar-refractivity contribution in [2.75, 3.05) is 18.0 Å². The average Bonchev–Trinajstić information content (AvgIpc) is 2.97. The van der Waals surface area contributed by atoms with E-state index in [9.17, 15) is 5.11 Å². The van der Waals surface area contributed by atoms with Crippen molar-refractivity contribution in [2.24, 2.45) is 0 Å². The van der Waals surface area contributed by atoms with Crippen molar-refractivity contribution in [1.29, 1.82) is 0 Å². The lowest BCUT2D eigenvalue weighted by molar-refractivity contribution is 0.0350. The molecule has 2 aromatic rings. The summed E-state index contributed by atoms with van der Waals surface area (Å²) >= 11 is 0. The van der Waals surface area contributed by atoms with E-state index in [2.05, 4.69) is 28.5 Å². The summed E-state index contributed by atoms with van der Waals surface area (Å²) in [6.07, 6.45) is 9.15. The quantitative estimate of drug-likeness (QED) is 0.867. The number of aliphatic hydroxyl groups is 1. The largest absolute Gasteiger partial charge is 0.390 e. The first-order chi connectivity index (χ1) is 11.9. The van der Waals surface area contributed by atoms with Gasteiger partial charge in [0.15, 0.2) is 0 Å². The van der Waals surface area contributed by atoms with Gasteiger partial charge in [-0.15, -0.1) is 0 Å². The summed E-state index contributed by atoms with van der Waals surface area (Å²) in [6.45, 7) is 11.4. The van der Waals surface area contributed by atoms with Crippen molar-refractivity contribution in [3.05, 3.63) is 54.5 Å². The van der Waals surface area contributed by atoms with Gasteiger partial charge in [0.1, 0.15) is 5.82 Å². The van der Waals surface area contributed by atoms with Crippen molar-refractivity contribution in [2.45, 2.75) is 39.2 Å². The number of rotatable bonds is 4. The van der Waals surface area contributed by atoms with E-state index >= 15 is 0 Å². The maximum absolute atomic E-state index is 10.1. The van der Waals surface area contributed by atoms with Crippen LogP contribution in [-0.2, 0) is 0 Å². The predicted molar refractivity (Wildman–Crippen MR) is 102 cm³/mol. The molecule has 3 heterocycles. The van der Waals surface area contributed by atoms with Crippen molar-refractivity contribution in [1.82, 2.24) is 14.8 Å². The van der Waals surface area contributed by atoms with E-state index < -0.39 is 5.60 Å². The Hall–Kier alpha value is -2.40. The molecule has 132 valence electrons. The molecule has 3 rings (SSSR count). The minimum absolute atomic E-state index is 0.545. The number of nitrogens with zero attached hydrogens (tertiary/aromatic N) is 4. The fraction of sp³-hybridized carbons (Fsp3) is 0.400. The fourth-order valence-electron chi connectivity index (χ4n) is 3.16. The van der Waals surface area contributed by atoms with Crippen LogP contribution in [0.15, 0.2) is 43.3 Å². The third-order valence-corrected chi connectivity index (χ3v) is 4.80. The van der Waals surface area contributed by atoms with Crippen LogP contribution in [0.5, 0.6) is 0 Å². The molecule has 5 heteroatoms. The van der Waals surface area contributed by atoms with Crippen LogP contribution in [0.25, 0.3) is 11.3 Å². The van der Waals surface area contributed by atoms with Crippen LogP contribution in [-0.4, -0.2) is 38.6 Å². The zero-order valence-electron chi connectivity index (χ0n) is 15.2. The summed E-state index contributed by atoms with van der Waals surface area (Å²) in [5.74, 6) is 0.950. The maximum atomic E-state index is 10.1. The van der Waals surface area contributed by atoms with Crippen LogP contribution in [0.4, 0.5) is 5.82 Å². The molecule has 2 aromatic heterocycles. The second-order valence-corrected chi connectivity index (χ2v) is 7.05. The molecule has 0 radical (unpaired) electrons. The summed E-state index contributed by atoms with van der Waals surface area (Å²) in [4.78, 5) is 6.82. The number of aryl methyl sites for hydroxylation is 1. The summed E-state index contributed by atoms with van der Waals surface area (Å²) in [6, 6.07) is 4.07. The van der Waals surface area contributed by atoms with E-state index in [1.807, 2.05) is 49.1 Å². The van der Waals surface area contributed by atoms with Gasteiger partial charge in [0.2, 0.25) is 0 Å². The highest BCUT2D eigenvalue weighted by atomic mass is 16.3. The third kappa shape index (κ3) is 3.82. The Morgan fingerprint density at radius 3 is 2.64 bits per heavy atom. The van der Waals surface area contributed by atoms with Crippen LogP contribution in [0.1, 0.15) is 37.9 Å². The minimum Gasteiger partial charge on any atom is -0.390 e. The molecule has 0 amide bonds. The maximum Gasteiger partial charge on any atom is 0.128 e. The van der Waals surface area contributed by atoms with E-state index in [1.54, 1.807) is 6.08 Å². The molecule has 0 aliphatic carbocycles. The zero-order chi connectivity index (χ0) is 18.0. The first-order valence-electron chi connectivity index (χ1n) is 8.69. The number of pyridine rings is 1. The van der Waals surface area contributed by atoms with Crippen LogP contribution in [0.2, 0.25) is 0 Å². The van der Waals surface area contributed by atoms with E-state index in [0.29, 0.717) is 0 Å². The van der Waals surface area contributed by atoms with Gasteiger partial charge in [0.25, 0.3) is 0 Å². The molecular weight excluding hydrogens is 312 g/mol. The van der Waals surface area contributed by atoms with Gasteiger partial charge in [-0.1, -0.05) is 18.7 Å². The number of anilines is 1. The number of aromatic nitrogens is 3. The summed E-state index contributed by atoms with van der Waals surface area (Å²) < 4.78 is 1.86. The molecule has 0 atom stereocenters. The average molecular weight is 338 g/mol. The Morgan fingerprint density at radius 1 is 1.32 bits per heavy atom. The van der Waals surface area contributed by atoms with E-state index in [1.165, 1.54) is 0 Å². The molecule has 1 aliphatic heterocycles. The highest BCUT2D eigenvalue weighted by molar-refractivity contribution is 5.64. The molecule has 1 N–H and O–H groups in total. The molecule has 1 saturated heterocycles. The Balaban J connectivity index is 1.78. The molecule has 25 heavy (non-hydrogen) atoms. The Labute approximate surface area is 149 Å². The van der Waals surface area contributed by atoms with Gasteiger partial charge < -0.3 is 10.0 Å². The Kier molecular flexibility index (Phi) is 4.77. The fourth-order valence-corrected chi connectivity index (χ4v) is 3.16. The normalized spacial score (nSPS) is 17.6. The van der Waals surface area contributed by atoms with Gasteiger partial charge in [-0.3, -0.25) is 0 Å². The lowest BCUT2D eigenvalue weighted by Gasteiger charge is -2.36. The molecule has 0 saturated carbocycles. The van der Waals surface area contributed by atoms with Crippen molar-refractivity contribution in [3.63, 3.8) is 0 Å². The van der Waals surface area contributed by atoms with Crippen LogP contribution in [0.3, 0.4) is 0 Å². The molecule has 1 fully saturated rings. The number of hydrogen-bond acceptors (Lipinski definition) is 4. The highest BCUT2D eigenvalue weighted by Gasteiger charge is 2.27. The van der Waals surface area contributed by atoms with Gasteiger partial charge in [0.05, 0.1) is 23.2 Å². The number of hydrogen-bond donors (Lipinski definition) is 1. The van der Waals surface area contributed by atoms with Crippen molar-refractivity contribution < 1.29 is 5.11 Å².